The highest BCUT2D eigenvalue weighted by Gasteiger charge is 2.57. The van der Waals surface area contributed by atoms with E-state index in [-0.39, 0.29) is 36.6 Å². The van der Waals surface area contributed by atoms with Crippen molar-refractivity contribution in [3.05, 3.63) is 115 Å². The second-order valence-corrected chi connectivity index (χ2v) is 17.3. The molecule has 8 aromatic rings. The Labute approximate surface area is 371 Å². The van der Waals surface area contributed by atoms with E-state index >= 15 is 0 Å². The molecule has 18 heteroatoms. The summed E-state index contributed by atoms with van der Waals surface area (Å²) >= 11 is 6.24. The molecule has 6 aromatic heterocycles. The van der Waals surface area contributed by atoms with Crippen LogP contribution >= 0.6 is 11.6 Å². The average molecular weight is 886 g/mol. The van der Waals surface area contributed by atoms with Crippen LogP contribution in [0.1, 0.15) is 40.2 Å². The smallest absolute Gasteiger partial charge is 0.164 e. The number of halogens is 1. The van der Waals surface area contributed by atoms with Gasteiger partial charge in [-0.3, -0.25) is 9.97 Å². The average Bonchev–Trinajstić information content (AvgIpc) is 4.14. The summed E-state index contributed by atoms with van der Waals surface area (Å²) in [6, 6.07) is 23.3. The van der Waals surface area contributed by atoms with Crippen molar-refractivity contribution in [3.63, 3.8) is 0 Å². The molecular weight excluding hydrogens is 842 g/mol. The molecule has 0 bridgehead atoms. The molecule has 4 aliphatic heterocycles. The number of nitrogens with two attached hydrogens (primary N) is 1. The number of fused-ring (bicyclic) bond motifs is 6. The van der Waals surface area contributed by atoms with E-state index in [4.69, 9.17) is 55.2 Å². The van der Waals surface area contributed by atoms with E-state index in [0.29, 0.717) is 35.5 Å². The SMILES string of the molecule is CC1(C)O[C@@H]2[C@H](O1)[C@@H](COc1ccc3cccnc3c1)O[C@H]2n1ccc2c(Cl)ncnc21.CC1(C)O[C@@H]2[C@H](O1)[C@@H](COc1ccc3cccnc3c1)O[C@H]2n1ccc2c(N)ncnc21. The zero-order chi connectivity index (χ0) is 43.7. The number of hydrogen-bond acceptors (Lipinski definition) is 15. The van der Waals surface area contributed by atoms with Crippen LogP contribution in [0, 0.1) is 0 Å². The van der Waals surface area contributed by atoms with Gasteiger partial charge in [0.15, 0.2) is 24.0 Å². The quantitative estimate of drug-likeness (QED) is 0.151. The van der Waals surface area contributed by atoms with Crippen molar-refractivity contribution in [2.75, 3.05) is 18.9 Å². The molecule has 0 saturated carbocycles. The molecule has 0 amide bonds. The van der Waals surface area contributed by atoms with E-state index in [1.807, 2.05) is 122 Å². The molecule has 0 spiro atoms. The van der Waals surface area contributed by atoms with Crippen LogP contribution in [0.5, 0.6) is 11.5 Å². The van der Waals surface area contributed by atoms with Crippen molar-refractivity contribution >= 4 is 61.3 Å². The van der Waals surface area contributed by atoms with Gasteiger partial charge in [-0.2, -0.15) is 0 Å². The third-order valence-corrected chi connectivity index (χ3v) is 12.1. The standard InChI is InChI=1S/C23H21ClN4O4.C23H23N5O4/c2*1-23(2)31-18-17(11-29-14-6-5-13-4-3-8-25-16(13)10-14)30-22(19(18)32-23)28-9-7-15-20(24)26-12-27-21(15)28/h3-10,12,17-19,22H,11H2,1-2H3;3-10,12,17-19,22H,11H2,1-2H3,(H2,24,26,27)/t2*17-,18-,19-,22-/m11/s1. The minimum Gasteiger partial charge on any atom is -0.491 e. The minimum absolute atomic E-state index is 0.287. The Bertz CT molecular complexity index is 2820. The predicted molar refractivity (Wildman–Crippen MR) is 234 cm³/mol. The van der Waals surface area contributed by atoms with Crippen LogP contribution in [0.4, 0.5) is 5.82 Å². The molecule has 0 aliphatic carbocycles. The fraction of sp³-hybridized carbons (Fsp3) is 0.348. The molecular formula is C46H44ClN9O8. The molecule has 0 radical (unpaired) electrons. The van der Waals surface area contributed by atoms with Crippen LogP contribution in [0.3, 0.4) is 0 Å². The van der Waals surface area contributed by atoms with Gasteiger partial charge in [0.2, 0.25) is 0 Å². The molecule has 64 heavy (non-hydrogen) atoms. The zero-order valence-electron chi connectivity index (χ0n) is 35.2. The van der Waals surface area contributed by atoms with E-state index < -0.39 is 24.0 Å². The van der Waals surface area contributed by atoms with Gasteiger partial charge in [0.1, 0.15) is 96.3 Å². The maximum absolute atomic E-state index is 6.39. The summed E-state index contributed by atoms with van der Waals surface area (Å²) in [6.07, 6.45) is 7.47. The monoisotopic (exact) mass is 885 g/mol. The van der Waals surface area contributed by atoms with Gasteiger partial charge in [-0.25, -0.2) is 19.9 Å². The summed E-state index contributed by atoms with van der Waals surface area (Å²) in [5, 5.41) is 4.06. The molecule has 2 aromatic carbocycles. The van der Waals surface area contributed by atoms with Crippen molar-refractivity contribution in [1.82, 2.24) is 39.0 Å². The minimum atomic E-state index is -0.724. The number of rotatable bonds is 8. The maximum atomic E-state index is 6.39. The number of ether oxygens (including phenoxy) is 8. The summed E-state index contributed by atoms with van der Waals surface area (Å²) in [7, 11) is 0. The van der Waals surface area contributed by atoms with Crippen molar-refractivity contribution < 1.29 is 37.9 Å². The van der Waals surface area contributed by atoms with Crippen molar-refractivity contribution in [1.29, 1.82) is 0 Å². The lowest BCUT2D eigenvalue weighted by atomic mass is 10.1. The Kier molecular flexibility index (Phi) is 10.1. The van der Waals surface area contributed by atoms with Crippen LogP contribution in [0.15, 0.2) is 110 Å². The highest BCUT2D eigenvalue weighted by molar-refractivity contribution is 6.33. The Hall–Kier alpha value is -6.05. The summed E-state index contributed by atoms with van der Waals surface area (Å²) in [6.45, 7) is 8.24. The van der Waals surface area contributed by atoms with Crippen LogP contribution in [0.25, 0.3) is 43.9 Å². The van der Waals surface area contributed by atoms with Gasteiger partial charge in [0.25, 0.3) is 0 Å². The molecule has 4 fully saturated rings. The molecule has 17 nitrogen and oxygen atoms in total. The largest absolute Gasteiger partial charge is 0.491 e. The molecule has 4 aliphatic rings. The maximum Gasteiger partial charge on any atom is 0.164 e. The first-order valence-electron chi connectivity index (χ1n) is 21.0. The molecule has 2 N–H and O–H groups in total. The molecule has 4 saturated heterocycles. The Balaban J connectivity index is 0.000000143. The number of nitrogen functional groups attached to an aromatic ring is 1. The van der Waals surface area contributed by atoms with Gasteiger partial charge in [-0.05, 0) is 76.2 Å². The van der Waals surface area contributed by atoms with Gasteiger partial charge in [-0.15, -0.1) is 0 Å². The van der Waals surface area contributed by atoms with Crippen LogP contribution < -0.4 is 15.2 Å². The summed E-state index contributed by atoms with van der Waals surface area (Å²) in [5.41, 5.74) is 9.15. The molecule has 328 valence electrons. The third kappa shape index (κ3) is 7.51. The molecule has 0 unspecified atom stereocenters. The van der Waals surface area contributed by atoms with E-state index in [9.17, 15) is 0 Å². The third-order valence-electron chi connectivity index (χ3n) is 11.8. The number of hydrogen-bond donors (Lipinski definition) is 1. The summed E-state index contributed by atoms with van der Waals surface area (Å²) in [4.78, 5) is 25.7. The lowest BCUT2D eigenvalue weighted by Crippen LogP contribution is -2.33. The van der Waals surface area contributed by atoms with Crippen LogP contribution in [0.2, 0.25) is 5.15 Å². The summed E-state index contributed by atoms with van der Waals surface area (Å²) in [5.74, 6) is 0.433. The van der Waals surface area contributed by atoms with Crippen molar-refractivity contribution in [2.24, 2.45) is 0 Å². The van der Waals surface area contributed by atoms with Crippen LogP contribution in [-0.2, 0) is 28.4 Å². The first-order chi connectivity index (χ1) is 31.0. The van der Waals surface area contributed by atoms with Crippen molar-refractivity contribution in [2.45, 2.75) is 88.3 Å². The Morgan fingerprint density at radius 1 is 0.594 bits per heavy atom. The van der Waals surface area contributed by atoms with Gasteiger partial charge in [0, 0.05) is 47.7 Å². The van der Waals surface area contributed by atoms with Gasteiger partial charge < -0.3 is 52.8 Å². The number of aromatic nitrogens is 8. The van der Waals surface area contributed by atoms with E-state index in [0.717, 1.165) is 44.1 Å². The van der Waals surface area contributed by atoms with Crippen molar-refractivity contribution in [3.8, 4) is 11.5 Å². The highest BCUT2D eigenvalue weighted by atomic mass is 35.5. The van der Waals surface area contributed by atoms with Crippen LogP contribution in [-0.4, -0.2) is 100 Å². The lowest BCUT2D eigenvalue weighted by Gasteiger charge is -2.25. The number of anilines is 1. The van der Waals surface area contributed by atoms with Gasteiger partial charge in [0.05, 0.1) is 21.8 Å². The normalized spacial score (nSPS) is 26.6. The first kappa shape index (κ1) is 40.7. The predicted octanol–water partition coefficient (Wildman–Crippen LogP) is 7.19. The van der Waals surface area contributed by atoms with Gasteiger partial charge >= 0.3 is 0 Å². The Morgan fingerprint density at radius 2 is 1.08 bits per heavy atom. The lowest BCUT2D eigenvalue weighted by molar-refractivity contribution is -0.199. The zero-order valence-corrected chi connectivity index (χ0v) is 36.0. The Morgan fingerprint density at radius 3 is 1.62 bits per heavy atom. The topological polar surface area (TPSA) is 187 Å². The number of pyridine rings is 2. The van der Waals surface area contributed by atoms with E-state index in [1.54, 1.807) is 12.4 Å². The van der Waals surface area contributed by atoms with Gasteiger partial charge in [-0.1, -0.05) is 23.7 Å². The molecule has 10 heterocycles. The highest BCUT2D eigenvalue weighted by Crippen LogP contribution is 2.46. The summed E-state index contributed by atoms with van der Waals surface area (Å²) < 4.78 is 53.6. The number of benzene rings is 2. The second kappa shape index (κ2) is 15.9. The number of nitrogens with zero attached hydrogens (tertiary/aromatic N) is 8. The van der Waals surface area contributed by atoms with E-state index in [2.05, 4.69) is 29.9 Å². The fourth-order valence-corrected chi connectivity index (χ4v) is 9.20. The molecule has 12 rings (SSSR count). The first-order valence-corrected chi connectivity index (χ1v) is 21.4. The molecule has 8 atom stereocenters. The van der Waals surface area contributed by atoms with E-state index in [1.165, 1.54) is 12.7 Å². The fourth-order valence-electron chi connectivity index (χ4n) is 9.00. The second-order valence-electron chi connectivity index (χ2n) is 16.9.